The van der Waals surface area contributed by atoms with Crippen LogP contribution in [0.15, 0.2) is 12.1 Å². The molecule has 1 atom stereocenters. The number of aliphatic hydroxyl groups excluding tert-OH is 1. The van der Waals surface area contributed by atoms with Crippen LogP contribution in [0.2, 0.25) is 0 Å². The van der Waals surface area contributed by atoms with Gasteiger partial charge in [-0.25, -0.2) is 4.39 Å². The maximum absolute atomic E-state index is 13.5. The second kappa shape index (κ2) is 6.52. The summed E-state index contributed by atoms with van der Waals surface area (Å²) in [7, 11) is 0. The molecule has 0 aliphatic heterocycles. The lowest BCUT2D eigenvalue weighted by Gasteiger charge is -2.18. The van der Waals surface area contributed by atoms with Crippen molar-refractivity contribution < 1.29 is 14.3 Å². The van der Waals surface area contributed by atoms with Crippen molar-refractivity contribution in [2.75, 3.05) is 12.3 Å². The molecule has 19 heavy (non-hydrogen) atoms. The number of aliphatic hydroxyl groups is 1. The maximum Gasteiger partial charge on any atom is 0.251 e. The van der Waals surface area contributed by atoms with Crippen molar-refractivity contribution in [3.8, 4) is 0 Å². The normalized spacial score (nSPS) is 12.5. The minimum atomic E-state index is -0.505. The minimum Gasteiger partial charge on any atom is -0.398 e. The standard InChI is InChI=1S/C14H21FN2O2/c1-8(2)4-11(7-18)17-14(19)10-5-12(15)9(3)13(16)6-10/h5-6,8,11,18H,4,7,16H2,1-3H3,(H,17,19). The molecule has 0 saturated carbocycles. The van der Waals surface area contributed by atoms with Gasteiger partial charge in [-0.3, -0.25) is 4.79 Å². The first-order valence-corrected chi connectivity index (χ1v) is 6.32. The molecule has 0 spiro atoms. The van der Waals surface area contributed by atoms with E-state index in [-0.39, 0.29) is 23.9 Å². The summed E-state index contributed by atoms with van der Waals surface area (Å²) in [5.41, 5.74) is 6.38. The summed E-state index contributed by atoms with van der Waals surface area (Å²) in [4.78, 5) is 12.0. The van der Waals surface area contributed by atoms with Gasteiger partial charge in [0.15, 0.2) is 0 Å². The number of carbonyl (C=O) groups excluding carboxylic acids is 1. The van der Waals surface area contributed by atoms with Crippen LogP contribution in [0, 0.1) is 18.7 Å². The number of hydrogen-bond acceptors (Lipinski definition) is 3. The van der Waals surface area contributed by atoms with Gasteiger partial charge < -0.3 is 16.2 Å². The Labute approximate surface area is 112 Å². The molecule has 1 amide bonds. The first-order valence-electron chi connectivity index (χ1n) is 6.32. The molecule has 0 radical (unpaired) electrons. The third-order valence-electron chi connectivity index (χ3n) is 2.96. The van der Waals surface area contributed by atoms with Crippen molar-refractivity contribution >= 4 is 11.6 Å². The van der Waals surface area contributed by atoms with E-state index < -0.39 is 11.7 Å². The van der Waals surface area contributed by atoms with E-state index in [2.05, 4.69) is 5.32 Å². The number of nitrogens with one attached hydrogen (secondary N) is 1. The van der Waals surface area contributed by atoms with Gasteiger partial charge >= 0.3 is 0 Å². The van der Waals surface area contributed by atoms with Crippen molar-refractivity contribution in [2.24, 2.45) is 5.92 Å². The summed E-state index contributed by atoms with van der Waals surface area (Å²) in [5.74, 6) is -0.586. The van der Waals surface area contributed by atoms with Gasteiger partial charge in [-0.1, -0.05) is 13.8 Å². The zero-order valence-corrected chi connectivity index (χ0v) is 11.5. The van der Waals surface area contributed by atoms with E-state index in [9.17, 15) is 14.3 Å². The van der Waals surface area contributed by atoms with Crippen LogP contribution in [-0.4, -0.2) is 23.7 Å². The molecule has 5 heteroatoms. The lowest BCUT2D eigenvalue weighted by atomic mass is 10.0. The zero-order valence-electron chi connectivity index (χ0n) is 11.5. The monoisotopic (exact) mass is 268 g/mol. The van der Waals surface area contributed by atoms with Crippen LogP contribution in [0.4, 0.5) is 10.1 Å². The molecule has 1 aromatic carbocycles. The van der Waals surface area contributed by atoms with Gasteiger partial charge in [-0.2, -0.15) is 0 Å². The van der Waals surface area contributed by atoms with E-state index >= 15 is 0 Å². The number of amides is 1. The number of rotatable bonds is 5. The molecular weight excluding hydrogens is 247 g/mol. The number of hydrogen-bond donors (Lipinski definition) is 3. The molecule has 1 unspecified atom stereocenters. The van der Waals surface area contributed by atoms with E-state index in [4.69, 9.17) is 5.73 Å². The summed E-state index contributed by atoms with van der Waals surface area (Å²) < 4.78 is 13.5. The molecule has 106 valence electrons. The minimum absolute atomic E-state index is 0.145. The van der Waals surface area contributed by atoms with E-state index in [0.717, 1.165) is 6.07 Å². The highest BCUT2D eigenvalue weighted by molar-refractivity contribution is 5.95. The Morgan fingerprint density at radius 3 is 2.58 bits per heavy atom. The van der Waals surface area contributed by atoms with Crippen LogP contribution in [0.25, 0.3) is 0 Å². The number of anilines is 1. The Bertz CT molecular complexity index is 438. The zero-order chi connectivity index (χ0) is 14.6. The summed E-state index contributed by atoms with van der Waals surface area (Å²) >= 11 is 0. The Hall–Kier alpha value is -1.62. The molecule has 0 bridgehead atoms. The number of halogens is 1. The summed E-state index contributed by atoms with van der Waals surface area (Å²) in [6.45, 7) is 5.41. The van der Waals surface area contributed by atoms with Gasteiger partial charge in [0, 0.05) is 16.8 Å². The fraction of sp³-hybridized carbons (Fsp3) is 0.500. The third kappa shape index (κ3) is 4.21. The van der Waals surface area contributed by atoms with E-state index in [1.54, 1.807) is 6.92 Å². The summed E-state index contributed by atoms with van der Waals surface area (Å²) in [5, 5.41) is 11.9. The molecule has 0 fully saturated rings. The first-order chi connectivity index (χ1) is 8.85. The third-order valence-corrected chi connectivity index (χ3v) is 2.96. The topological polar surface area (TPSA) is 75.4 Å². The van der Waals surface area contributed by atoms with Crippen LogP contribution < -0.4 is 11.1 Å². The largest absolute Gasteiger partial charge is 0.398 e. The van der Waals surface area contributed by atoms with Crippen LogP contribution in [0.5, 0.6) is 0 Å². The second-order valence-corrected chi connectivity index (χ2v) is 5.15. The fourth-order valence-corrected chi connectivity index (χ4v) is 1.85. The Kier molecular flexibility index (Phi) is 5.30. The van der Waals surface area contributed by atoms with Crippen LogP contribution >= 0.6 is 0 Å². The predicted molar refractivity (Wildman–Crippen MR) is 73.3 cm³/mol. The molecule has 0 heterocycles. The van der Waals surface area contributed by atoms with Crippen molar-refractivity contribution in [1.29, 1.82) is 0 Å². The highest BCUT2D eigenvalue weighted by atomic mass is 19.1. The van der Waals surface area contributed by atoms with Crippen LogP contribution in [-0.2, 0) is 0 Å². The lowest BCUT2D eigenvalue weighted by molar-refractivity contribution is 0.0908. The van der Waals surface area contributed by atoms with Crippen molar-refractivity contribution in [3.05, 3.63) is 29.1 Å². The molecule has 1 aromatic rings. The number of carbonyl (C=O) groups is 1. The molecule has 0 saturated heterocycles. The van der Waals surface area contributed by atoms with Gasteiger partial charge in [-0.05, 0) is 31.4 Å². The van der Waals surface area contributed by atoms with Crippen LogP contribution in [0.1, 0.15) is 36.2 Å². The average molecular weight is 268 g/mol. The smallest absolute Gasteiger partial charge is 0.251 e. The van der Waals surface area contributed by atoms with Crippen molar-refractivity contribution in [1.82, 2.24) is 5.32 Å². The number of benzene rings is 1. The Morgan fingerprint density at radius 2 is 2.11 bits per heavy atom. The average Bonchev–Trinajstić information content (AvgIpc) is 2.33. The SMILES string of the molecule is Cc1c(N)cc(C(=O)NC(CO)CC(C)C)cc1F. The van der Waals surface area contributed by atoms with Crippen LogP contribution in [0.3, 0.4) is 0 Å². The van der Waals surface area contributed by atoms with Gasteiger partial charge in [0.2, 0.25) is 0 Å². The Balaban J connectivity index is 2.83. The maximum atomic E-state index is 13.5. The fourth-order valence-electron chi connectivity index (χ4n) is 1.85. The highest BCUT2D eigenvalue weighted by Crippen LogP contribution is 2.17. The second-order valence-electron chi connectivity index (χ2n) is 5.15. The molecular formula is C14H21FN2O2. The van der Waals surface area contributed by atoms with Crippen molar-refractivity contribution in [2.45, 2.75) is 33.2 Å². The highest BCUT2D eigenvalue weighted by Gasteiger charge is 2.16. The number of nitrogens with two attached hydrogens (primary N) is 1. The van der Waals surface area contributed by atoms with Gasteiger partial charge in [0.1, 0.15) is 5.82 Å². The Morgan fingerprint density at radius 1 is 1.47 bits per heavy atom. The molecule has 4 nitrogen and oxygen atoms in total. The lowest BCUT2D eigenvalue weighted by Crippen LogP contribution is -2.38. The van der Waals surface area contributed by atoms with E-state index in [1.165, 1.54) is 6.07 Å². The predicted octanol–water partition coefficient (Wildman–Crippen LogP) is 1.85. The molecule has 0 aliphatic carbocycles. The molecule has 0 aliphatic rings. The number of nitrogen functional groups attached to an aromatic ring is 1. The van der Waals surface area contributed by atoms with E-state index in [1.807, 2.05) is 13.8 Å². The van der Waals surface area contributed by atoms with E-state index in [0.29, 0.717) is 17.9 Å². The van der Waals surface area contributed by atoms with Gasteiger partial charge in [0.25, 0.3) is 5.91 Å². The quantitative estimate of drug-likeness (QED) is 0.713. The summed E-state index contributed by atoms with van der Waals surface area (Å²) in [6.07, 6.45) is 0.659. The summed E-state index contributed by atoms with van der Waals surface area (Å²) in [6, 6.07) is 2.26. The molecule has 1 rings (SSSR count). The molecule has 0 aromatic heterocycles. The molecule has 4 N–H and O–H groups in total. The first kappa shape index (κ1) is 15.4. The van der Waals surface area contributed by atoms with Gasteiger partial charge in [0.05, 0.1) is 12.6 Å². The van der Waals surface area contributed by atoms with Crippen molar-refractivity contribution in [3.63, 3.8) is 0 Å². The van der Waals surface area contributed by atoms with Gasteiger partial charge in [-0.15, -0.1) is 0 Å².